The van der Waals surface area contributed by atoms with E-state index in [2.05, 4.69) is 5.32 Å². The second kappa shape index (κ2) is 5.38. The number of thiophene rings is 1. The van der Waals surface area contributed by atoms with Crippen molar-refractivity contribution in [3.63, 3.8) is 0 Å². The summed E-state index contributed by atoms with van der Waals surface area (Å²) in [5.41, 5.74) is 11.5. The van der Waals surface area contributed by atoms with Crippen LogP contribution in [-0.2, 0) is 4.79 Å². The number of nitrogens with two attached hydrogens (primary N) is 2. The van der Waals surface area contributed by atoms with Gasteiger partial charge in [0, 0.05) is 4.70 Å². The Bertz CT molecular complexity index is 681. The Labute approximate surface area is 119 Å². The van der Waals surface area contributed by atoms with Crippen molar-refractivity contribution in [2.24, 2.45) is 5.73 Å². The second-order valence-electron chi connectivity index (χ2n) is 4.28. The Morgan fingerprint density at radius 3 is 2.70 bits per heavy atom. The molecule has 5 N–H and O–H groups in total. The molecule has 0 aliphatic rings. The zero-order valence-electron chi connectivity index (χ0n) is 11.1. The van der Waals surface area contributed by atoms with Crippen LogP contribution in [0.2, 0.25) is 0 Å². The molecule has 106 valence electrons. The monoisotopic (exact) mass is 293 g/mol. The molecule has 0 saturated carbocycles. The van der Waals surface area contributed by atoms with Gasteiger partial charge in [0.2, 0.25) is 5.91 Å². The number of hydrogen-bond donors (Lipinski definition) is 3. The molecule has 1 unspecified atom stereocenters. The third-order valence-corrected chi connectivity index (χ3v) is 4.08. The van der Waals surface area contributed by atoms with Crippen LogP contribution in [0.1, 0.15) is 16.6 Å². The molecule has 0 saturated heterocycles. The number of nitrogen functional groups attached to an aromatic ring is 1. The van der Waals surface area contributed by atoms with Gasteiger partial charge in [0.25, 0.3) is 5.91 Å². The van der Waals surface area contributed by atoms with Gasteiger partial charge >= 0.3 is 0 Å². The molecule has 1 atom stereocenters. The van der Waals surface area contributed by atoms with Crippen molar-refractivity contribution >= 4 is 38.9 Å². The lowest BCUT2D eigenvalue weighted by atomic mass is 10.2. The SMILES string of the molecule is COc1cccc2sc(C(=O)NC(C)C(N)=O)c(N)c12. The molecule has 2 aromatic rings. The fourth-order valence-electron chi connectivity index (χ4n) is 1.81. The molecule has 0 fully saturated rings. The highest BCUT2D eigenvalue weighted by Gasteiger charge is 2.21. The average Bonchev–Trinajstić information content (AvgIpc) is 2.76. The minimum absolute atomic E-state index is 0.344. The average molecular weight is 293 g/mol. The summed E-state index contributed by atoms with van der Waals surface area (Å²) in [6.07, 6.45) is 0. The van der Waals surface area contributed by atoms with Crippen molar-refractivity contribution in [3.05, 3.63) is 23.1 Å². The molecule has 0 bridgehead atoms. The van der Waals surface area contributed by atoms with Gasteiger partial charge in [0.1, 0.15) is 16.7 Å². The summed E-state index contributed by atoms with van der Waals surface area (Å²) in [6.45, 7) is 1.52. The number of rotatable bonds is 4. The first kappa shape index (κ1) is 14.1. The zero-order chi connectivity index (χ0) is 14.9. The highest BCUT2D eigenvalue weighted by atomic mass is 32.1. The molecule has 0 radical (unpaired) electrons. The lowest BCUT2D eigenvalue weighted by molar-refractivity contribution is -0.119. The molecular formula is C13H15N3O3S. The Hall–Kier alpha value is -2.28. The maximum atomic E-state index is 12.1. The van der Waals surface area contributed by atoms with Gasteiger partial charge in [-0.25, -0.2) is 0 Å². The first-order valence-electron chi connectivity index (χ1n) is 5.90. The molecule has 0 aliphatic heterocycles. The van der Waals surface area contributed by atoms with Crippen LogP contribution in [0.3, 0.4) is 0 Å². The third-order valence-electron chi connectivity index (χ3n) is 2.91. The number of anilines is 1. The number of amides is 2. The summed E-state index contributed by atoms with van der Waals surface area (Å²) in [7, 11) is 1.54. The molecule has 6 nitrogen and oxygen atoms in total. The molecule has 1 heterocycles. The van der Waals surface area contributed by atoms with E-state index in [1.54, 1.807) is 13.2 Å². The molecule has 0 spiro atoms. The van der Waals surface area contributed by atoms with Crippen molar-refractivity contribution in [3.8, 4) is 5.75 Å². The zero-order valence-corrected chi connectivity index (χ0v) is 11.9. The molecule has 1 aromatic heterocycles. The fraction of sp³-hybridized carbons (Fsp3) is 0.231. The number of carbonyl (C=O) groups is 2. The quantitative estimate of drug-likeness (QED) is 0.784. The van der Waals surface area contributed by atoms with E-state index in [0.717, 1.165) is 4.70 Å². The van der Waals surface area contributed by atoms with Gasteiger partial charge in [-0.3, -0.25) is 9.59 Å². The summed E-state index contributed by atoms with van der Waals surface area (Å²) >= 11 is 1.25. The fourth-order valence-corrected chi connectivity index (χ4v) is 2.85. The van der Waals surface area contributed by atoms with E-state index in [4.69, 9.17) is 16.2 Å². The molecule has 1 aromatic carbocycles. The van der Waals surface area contributed by atoms with Gasteiger partial charge in [0.15, 0.2) is 0 Å². The van der Waals surface area contributed by atoms with E-state index in [0.29, 0.717) is 21.7 Å². The maximum Gasteiger partial charge on any atom is 0.264 e. The first-order valence-corrected chi connectivity index (χ1v) is 6.72. The van der Waals surface area contributed by atoms with Gasteiger partial charge in [-0.05, 0) is 19.1 Å². The van der Waals surface area contributed by atoms with Crippen molar-refractivity contribution < 1.29 is 14.3 Å². The van der Waals surface area contributed by atoms with Crippen molar-refractivity contribution in [1.29, 1.82) is 0 Å². The van der Waals surface area contributed by atoms with Crippen LogP contribution in [0.25, 0.3) is 10.1 Å². The van der Waals surface area contributed by atoms with E-state index in [-0.39, 0.29) is 0 Å². The molecule has 0 aliphatic carbocycles. The number of carbonyl (C=O) groups excluding carboxylic acids is 2. The number of primary amides is 1. The third kappa shape index (κ3) is 2.39. The largest absolute Gasteiger partial charge is 0.496 e. The molecular weight excluding hydrogens is 278 g/mol. The van der Waals surface area contributed by atoms with Gasteiger partial charge in [0.05, 0.1) is 18.2 Å². The minimum Gasteiger partial charge on any atom is -0.496 e. The predicted octanol–water partition coefficient (Wildman–Crippen LogP) is 1.10. The van der Waals surface area contributed by atoms with Crippen LogP contribution in [0.5, 0.6) is 5.75 Å². The number of fused-ring (bicyclic) bond motifs is 1. The van der Waals surface area contributed by atoms with E-state index in [9.17, 15) is 9.59 Å². The highest BCUT2D eigenvalue weighted by Crippen LogP contribution is 2.39. The topological polar surface area (TPSA) is 107 Å². The van der Waals surface area contributed by atoms with Crippen LogP contribution in [0.4, 0.5) is 5.69 Å². The van der Waals surface area contributed by atoms with Crippen molar-refractivity contribution in [1.82, 2.24) is 5.32 Å². The van der Waals surface area contributed by atoms with Crippen molar-refractivity contribution in [2.45, 2.75) is 13.0 Å². The van der Waals surface area contributed by atoms with Gasteiger partial charge in [-0.15, -0.1) is 11.3 Å². The van der Waals surface area contributed by atoms with Gasteiger partial charge in [-0.2, -0.15) is 0 Å². The number of hydrogen-bond acceptors (Lipinski definition) is 5. The summed E-state index contributed by atoms with van der Waals surface area (Å²) in [5.74, 6) is -0.411. The lowest BCUT2D eigenvalue weighted by Crippen LogP contribution is -2.42. The highest BCUT2D eigenvalue weighted by molar-refractivity contribution is 7.21. The molecule has 2 amide bonds. The standard InChI is InChI=1S/C13H15N3O3S/c1-6(12(15)17)16-13(18)11-10(14)9-7(19-2)4-3-5-8(9)20-11/h3-6H,14H2,1-2H3,(H2,15,17)(H,16,18). The van der Waals surface area contributed by atoms with Gasteiger partial charge in [-0.1, -0.05) is 6.07 Å². The maximum absolute atomic E-state index is 12.1. The van der Waals surface area contributed by atoms with Crippen LogP contribution in [0, 0.1) is 0 Å². The smallest absolute Gasteiger partial charge is 0.264 e. The molecule has 7 heteroatoms. The van der Waals surface area contributed by atoms with E-state index in [1.165, 1.54) is 18.3 Å². The number of benzene rings is 1. The van der Waals surface area contributed by atoms with Gasteiger partial charge < -0.3 is 21.5 Å². The number of ether oxygens (including phenoxy) is 1. The van der Waals surface area contributed by atoms with Crippen LogP contribution in [-0.4, -0.2) is 25.0 Å². The molecule has 2 rings (SSSR count). The first-order chi connectivity index (χ1) is 9.45. The summed E-state index contributed by atoms with van der Waals surface area (Å²) < 4.78 is 6.09. The minimum atomic E-state index is -0.756. The van der Waals surface area contributed by atoms with E-state index in [1.807, 2.05) is 12.1 Å². The number of nitrogens with one attached hydrogen (secondary N) is 1. The van der Waals surface area contributed by atoms with Crippen LogP contribution < -0.4 is 21.5 Å². The summed E-state index contributed by atoms with van der Waals surface area (Å²) in [4.78, 5) is 23.4. The summed E-state index contributed by atoms with van der Waals surface area (Å²) in [5, 5.41) is 3.22. The Morgan fingerprint density at radius 2 is 2.10 bits per heavy atom. The van der Waals surface area contributed by atoms with E-state index < -0.39 is 17.9 Å². The predicted molar refractivity (Wildman–Crippen MR) is 78.9 cm³/mol. The van der Waals surface area contributed by atoms with Crippen LogP contribution in [0.15, 0.2) is 18.2 Å². The van der Waals surface area contributed by atoms with Crippen LogP contribution >= 0.6 is 11.3 Å². The molecule has 20 heavy (non-hydrogen) atoms. The van der Waals surface area contributed by atoms with E-state index >= 15 is 0 Å². The lowest BCUT2D eigenvalue weighted by Gasteiger charge is -2.09. The Kier molecular flexibility index (Phi) is 3.80. The summed E-state index contributed by atoms with van der Waals surface area (Å²) in [6, 6.07) is 4.70. The Balaban J connectivity index is 2.43. The second-order valence-corrected chi connectivity index (χ2v) is 5.33. The number of methoxy groups -OCH3 is 1. The Morgan fingerprint density at radius 1 is 1.40 bits per heavy atom. The normalized spacial score (nSPS) is 12.1. The van der Waals surface area contributed by atoms with Crippen molar-refractivity contribution in [2.75, 3.05) is 12.8 Å².